The summed E-state index contributed by atoms with van der Waals surface area (Å²) in [7, 11) is -2.32. The summed E-state index contributed by atoms with van der Waals surface area (Å²) in [5.74, 6) is 0.0267. The highest BCUT2D eigenvalue weighted by Gasteiger charge is 2.29. The number of anilines is 1. The molecule has 1 aliphatic rings. The Balaban J connectivity index is 2.03. The van der Waals surface area contributed by atoms with Gasteiger partial charge in [-0.3, -0.25) is 4.79 Å². The van der Waals surface area contributed by atoms with Crippen LogP contribution < -0.4 is 9.64 Å². The lowest BCUT2D eigenvalue weighted by Crippen LogP contribution is -2.32. The third-order valence-electron chi connectivity index (χ3n) is 4.87. The Bertz CT molecular complexity index is 952. The number of fused-ring (bicyclic) bond motifs is 1. The standard InChI is InChI=1S/C20H24N2O4S/c1-4-21(5-2)27(24,25)19-14-16(10-11-18(19)26-3)20(23)22-13-12-15-8-6-7-9-17(15)22/h6-11,14H,4-5,12-13H2,1-3H3. The summed E-state index contributed by atoms with van der Waals surface area (Å²) in [6, 6.07) is 12.4. The predicted octanol–water partition coefficient (Wildman–Crippen LogP) is 2.93. The Morgan fingerprint density at radius 3 is 2.52 bits per heavy atom. The van der Waals surface area contributed by atoms with Crippen molar-refractivity contribution in [3.63, 3.8) is 0 Å². The molecule has 0 atom stereocenters. The summed E-state index contributed by atoms with van der Waals surface area (Å²) in [5.41, 5.74) is 2.33. The summed E-state index contributed by atoms with van der Waals surface area (Å²) >= 11 is 0. The van der Waals surface area contributed by atoms with E-state index in [9.17, 15) is 13.2 Å². The first-order chi connectivity index (χ1) is 12.9. The number of para-hydroxylation sites is 1. The van der Waals surface area contributed by atoms with Gasteiger partial charge in [0.05, 0.1) is 7.11 Å². The fourth-order valence-corrected chi connectivity index (χ4v) is 5.06. The number of sulfonamides is 1. The lowest BCUT2D eigenvalue weighted by atomic mass is 10.1. The molecule has 0 fully saturated rings. The van der Waals surface area contributed by atoms with Crippen LogP contribution in [0.25, 0.3) is 0 Å². The van der Waals surface area contributed by atoms with E-state index in [1.807, 2.05) is 24.3 Å². The van der Waals surface area contributed by atoms with Crippen LogP contribution >= 0.6 is 0 Å². The lowest BCUT2D eigenvalue weighted by Gasteiger charge is -2.22. The van der Waals surface area contributed by atoms with Gasteiger partial charge in [-0.05, 0) is 36.2 Å². The largest absolute Gasteiger partial charge is 0.495 e. The summed E-state index contributed by atoms with van der Waals surface area (Å²) in [6.45, 7) is 4.84. The van der Waals surface area contributed by atoms with Gasteiger partial charge < -0.3 is 9.64 Å². The lowest BCUT2D eigenvalue weighted by molar-refractivity contribution is 0.0989. The Labute approximate surface area is 160 Å². The van der Waals surface area contributed by atoms with Crippen LogP contribution in [-0.2, 0) is 16.4 Å². The Kier molecular flexibility index (Phi) is 5.53. The number of ether oxygens (including phenoxy) is 1. The average Bonchev–Trinajstić information content (AvgIpc) is 3.11. The molecular weight excluding hydrogens is 364 g/mol. The summed E-state index contributed by atoms with van der Waals surface area (Å²) < 4.78 is 32.6. The molecule has 0 unspecified atom stereocenters. The maximum absolute atomic E-state index is 13.1. The summed E-state index contributed by atoms with van der Waals surface area (Å²) in [5, 5.41) is 0. The van der Waals surface area contributed by atoms with Gasteiger partial charge in [-0.2, -0.15) is 4.31 Å². The number of nitrogens with zero attached hydrogens (tertiary/aromatic N) is 2. The molecule has 0 spiro atoms. The maximum atomic E-state index is 13.1. The van der Waals surface area contributed by atoms with E-state index >= 15 is 0 Å². The minimum absolute atomic E-state index is 0.0204. The van der Waals surface area contributed by atoms with Gasteiger partial charge in [0.1, 0.15) is 10.6 Å². The van der Waals surface area contributed by atoms with E-state index in [4.69, 9.17) is 4.74 Å². The Hall–Kier alpha value is -2.38. The molecule has 0 radical (unpaired) electrons. The highest BCUT2D eigenvalue weighted by molar-refractivity contribution is 7.89. The molecule has 1 amide bonds. The zero-order valence-corrected chi connectivity index (χ0v) is 16.6. The minimum Gasteiger partial charge on any atom is -0.495 e. The van der Waals surface area contributed by atoms with Crippen molar-refractivity contribution in [2.45, 2.75) is 25.2 Å². The van der Waals surface area contributed by atoms with Crippen LogP contribution in [0.4, 0.5) is 5.69 Å². The Morgan fingerprint density at radius 1 is 1.15 bits per heavy atom. The molecule has 0 N–H and O–H groups in total. The zero-order chi connectivity index (χ0) is 19.6. The van der Waals surface area contributed by atoms with Gasteiger partial charge >= 0.3 is 0 Å². The van der Waals surface area contributed by atoms with Gasteiger partial charge in [-0.25, -0.2) is 8.42 Å². The topological polar surface area (TPSA) is 66.9 Å². The molecule has 0 saturated heterocycles. The van der Waals surface area contributed by atoms with Crippen molar-refractivity contribution in [2.75, 3.05) is 31.6 Å². The minimum atomic E-state index is -3.75. The second-order valence-electron chi connectivity index (χ2n) is 6.29. The highest BCUT2D eigenvalue weighted by atomic mass is 32.2. The van der Waals surface area contributed by atoms with Crippen molar-refractivity contribution in [2.24, 2.45) is 0 Å². The molecule has 2 aromatic carbocycles. The van der Waals surface area contributed by atoms with Crippen molar-refractivity contribution in [1.29, 1.82) is 0 Å². The highest BCUT2D eigenvalue weighted by Crippen LogP contribution is 2.32. The van der Waals surface area contributed by atoms with E-state index in [2.05, 4.69) is 0 Å². The molecule has 2 aromatic rings. The number of benzene rings is 2. The van der Waals surface area contributed by atoms with E-state index in [0.717, 1.165) is 17.7 Å². The van der Waals surface area contributed by atoms with E-state index in [1.165, 1.54) is 17.5 Å². The van der Waals surface area contributed by atoms with Gasteiger partial charge in [-0.1, -0.05) is 32.0 Å². The predicted molar refractivity (Wildman–Crippen MR) is 105 cm³/mol. The number of hydrogen-bond donors (Lipinski definition) is 0. The van der Waals surface area contributed by atoms with Gasteiger partial charge in [0, 0.05) is 30.9 Å². The SMILES string of the molecule is CCN(CC)S(=O)(=O)c1cc(C(=O)N2CCc3ccccc32)ccc1OC. The van der Waals surface area contributed by atoms with E-state index in [0.29, 0.717) is 25.2 Å². The molecule has 27 heavy (non-hydrogen) atoms. The molecule has 0 saturated carbocycles. The molecular formula is C20H24N2O4S. The summed E-state index contributed by atoms with van der Waals surface area (Å²) in [4.78, 5) is 14.8. The third-order valence-corrected chi connectivity index (χ3v) is 6.94. The third kappa shape index (κ3) is 3.44. The number of carbonyl (C=O) groups excluding carboxylic acids is 1. The van der Waals surface area contributed by atoms with E-state index < -0.39 is 10.0 Å². The Morgan fingerprint density at radius 2 is 1.85 bits per heavy atom. The quantitative estimate of drug-likeness (QED) is 0.763. The van der Waals surface area contributed by atoms with Crippen LogP contribution in [0.5, 0.6) is 5.75 Å². The molecule has 1 aliphatic heterocycles. The van der Waals surface area contributed by atoms with Gasteiger partial charge in [0.15, 0.2) is 0 Å². The normalized spacial score (nSPS) is 13.7. The number of hydrogen-bond acceptors (Lipinski definition) is 4. The second kappa shape index (κ2) is 7.70. The van der Waals surface area contributed by atoms with Crippen molar-refractivity contribution in [3.05, 3.63) is 53.6 Å². The van der Waals surface area contributed by atoms with E-state index in [1.54, 1.807) is 30.9 Å². The first kappa shape index (κ1) is 19.4. The van der Waals surface area contributed by atoms with Crippen LogP contribution in [0, 0.1) is 0 Å². The molecule has 1 heterocycles. The molecule has 0 aromatic heterocycles. The van der Waals surface area contributed by atoms with Crippen LogP contribution in [-0.4, -0.2) is 45.4 Å². The number of carbonyl (C=O) groups is 1. The molecule has 3 rings (SSSR count). The monoisotopic (exact) mass is 388 g/mol. The first-order valence-corrected chi connectivity index (χ1v) is 10.5. The van der Waals surface area contributed by atoms with Crippen LogP contribution in [0.2, 0.25) is 0 Å². The summed E-state index contributed by atoms with van der Waals surface area (Å²) in [6.07, 6.45) is 0.794. The smallest absolute Gasteiger partial charge is 0.258 e. The van der Waals surface area contributed by atoms with Crippen LogP contribution in [0.1, 0.15) is 29.8 Å². The van der Waals surface area contributed by atoms with Crippen LogP contribution in [0.3, 0.4) is 0 Å². The second-order valence-corrected chi connectivity index (χ2v) is 8.20. The molecule has 0 aliphatic carbocycles. The van der Waals surface area contributed by atoms with Gasteiger partial charge in [0.25, 0.3) is 5.91 Å². The molecule has 144 valence electrons. The van der Waals surface area contributed by atoms with Gasteiger partial charge in [0.2, 0.25) is 10.0 Å². The number of rotatable bonds is 6. The number of methoxy groups -OCH3 is 1. The van der Waals surface area contributed by atoms with Gasteiger partial charge in [-0.15, -0.1) is 0 Å². The van der Waals surface area contributed by atoms with Crippen molar-refractivity contribution < 1.29 is 17.9 Å². The number of amides is 1. The van der Waals surface area contributed by atoms with Crippen LogP contribution in [0.15, 0.2) is 47.4 Å². The van der Waals surface area contributed by atoms with Crippen molar-refractivity contribution in [1.82, 2.24) is 4.31 Å². The maximum Gasteiger partial charge on any atom is 0.258 e. The average molecular weight is 388 g/mol. The van der Waals surface area contributed by atoms with Crippen molar-refractivity contribution >= 4 is 21.6 Å². The zero-order valence-electron chi connectivity index (χ0n) is 15.8. The van der Waals surface area contributed by atoms with Crippen molar-refractivity contribution in [3.8, 4) is 5.75 Å². The first-order valence-electron chi connectivity index (χ1n) is 9.02. The molecule has 0 bridgehead atoms. The molecule has 6 nitrogen and oxygen atoms in total. The van der Waals surface area contributed by atoms with E-state index in [-0.39, 0.29) is 16.6 Å². The fraction of sp³-hybridized carbons (Fsp3) is 0.350. The molecule has 7 heteroatoms. The fourth-order valence-electron chi connectivity index (χ4n) is 3.42.